The Morgan fingerprint density at radius 1 is 1.08 bits per heavy atom. The average Bonchev–Trinajstić information content (AvgIpc) is 2.77. The normalized spacial score (nSPS) is 39.2. The van der Waals surface area contributed by atoms with Crippen molar-refractivity contribution in [1.29, 1.82) is 15.8 Å². The van der Waals surface area contributed by atoms with Gasteiger partial charge in [0, 0.05) is 17.8 Å². The predicted octanol–water partition coefficient (Wildman–Crippen LogP) is 1.38. The molecule has 120 valence electrons. The van der Waals surface area contributed by atoms with Crippen LogP contribution in [0.4, 0.5) is 0 Å². The Kier molecular flexibility index (Phi) is 3.20. The van der Waals surface area contributed by atoms with Gasteiger partial charge in [0.15, 0.2) is 10.8 Å². The number of nitrogens with two attached hydrogens (primary N) is 1. The number of nitriles is 3. The first kappa shape index (κ1) is 16.0. The Hall–Kier alpha value is -2.88. The molecule has 6 heteroatoms. The van der Waals surface area contributed by atoms with Crippen molar-refractivity contribution in [1.82, 2.24) is 5.32 Å². The molecule has 0 unspecified atom stereocenters. The van der Waals surface area contributed by atoms with Crippen LogP contribution in [0.5, 0.6) is 0 Å². The molecule has 0 radical (unpaired) electrons. The van der Waals surface area contributed by atoms with E-state index in [4.69, 9.17) is 5.73 Å². The number of benzene rings is 1. The van der Waals surface area contributed by atoms with Gasteiger partial charge in [-0.2, -0.15) is 15.8 Å². The molecule has 1 aromatic rings. The smallest absolute Gasteiger partial charge is 0.245 e. The molecular formula is C18H17N5O. The van der Waals surface area contributed by atoms with E-state index in [1.54, 1.807) is 31.2 Å². The molecule has 1 saturated carbocycles. The van der Waals surface area contributed by atoms with Crippen molar-refractivity contribution in [2.75, 3.05) is 0 Å². The predicted molar refractivity (Wildman–Crippen MR) is 84.3 cm³/mol. The van der Waals surface area contributed by atoms with Gasteiger partial charge in [-0.25, -0.2) is 0 Å². The topological polar surface area (TPSA) is 126 Å². The number of nitrogens with zero attached hydrogens (tertiary/aromatic N) is 3. The second-order valence-electron chi connectivity index (χ2n) is 6.74. The summed E-state index contributed by atoms with van der Waals surface area (Å²) in [6, 6.07) is 15.1. The van der Waals surface area contributed by atoms with Crippen LogP contribution < -0.4 is 11.1 Å². The van der Waals surface area contributed by atoms with Gasteiger partial charge in [-0.1, -0.05) is 44.2 Å². The number of amides is 1. The van der Waals surface area contributed by atoms with Crippen molar-refractivity contribution in [3.05, 3.63) is 35.9 Å². The zero-order chi connectivity index (χ0) is 17.8. The van der Waals surface area contributed by atoms with Crippen LogP contribution in [0.2, 0.25) is 0 Å². The highest BCUT2D eigenvalue weighted by Gasteiger charge is 2.79. The van der Waals surface area contributed by atoms with Gasteiger partial charge in [0.2, 0.25) is 5.91 Å². The average molecular weight is 319 g/mol. The van der Waals surface area contributed by atoms with Crippen molar-refractivity contribution in [2.24, 2.45) is 28.4 Å². The number of hydrogen-bond acceptors (Lipinski definition) is 5. The molecule has 1 aromatic carbocycles. The van der Waals surface area contributed by atoms with Gasteiger partial charge in [-0.15, -0.1) is 0 Å². The molecule has 1 aliphatic carbocycles. The lowest BCUT2D eigenvalue weighted by Crippen LogP contribution is -2.66. The fourth-order valence-electron chi connectivity index (χ4n) is 4.66. The molecule has 24 heavy (non-hydrogen) atoms. The van der Waals surface area contributed by atoms with Gasteiger partial charge in [0.25, 0.3) is 0 Å². The third-order valence-electron chi connectivity index (χ3n) is 6.08. The summed E-state index contributed by atoms with van der Waals surface area (Å²) in [5.74, 6) is -2.36. The SMILES string of the molecule is C[C@@H]1[C@@H](c2ccccc2)C(C#N)(C#N)[C@@]2(C#N)C(=O)N[C@@]1(N)[C@H]2C. The molecule has 1 heterocycles. The van der Waals surface area contributed by atoms with Crippen molar-refractivity contribution in [3.8, 4) is 18.2 Å². The van der Waals surface area contributed by atoms with Gasteiger partial charge >= 0.3 is 0 Å². The standard InChI is InChI=1S/C18H17N5O/c1-11-14(13-6-4-3-5-7-13)16(8-19,9-20)17(10-21)12(2)18(11,22)23-15(17)24/h3-7,11-12,14H,22H2,1-2H3,(H,23,24)/t11-,12+,14+,17-,18-/m1/s1. The minimum absolute atomic E-state index is 0.401. The molecule has 2 aliphatic rings. The summed E-state index contributed by atoms with van der Waals surface area (Å²) in [6.45, 7) is 3.49. The van der Waals surface area contributed by atoms with Crippen LogP contribution in [0.1, 0.15) is 25.3 Å². The second-order valence-corrected chi connectivity index (χ2v) is 6.74. The molecule has 0 aromatic heterocycles. The Bertz CT molecular complexity index is 816. The summed E-state index contributed by atoms with van der Waals surface area (Å²) >= 11 is 0. The van der Waals surface area contributed by atoms with Crippen LogP contribution in [0.15, 0.2) is 30.3 Å². The number of carbonyl (C=O) groups is 1. The first-order chi connectivity index (χ1) is 11.4. The summed E-state index contributed by atoms with van der Waals surface area (Å²) in [6.07, 6.45) is 0. The van der Waals surface area contributed by atoms with E-state index in [-0.39, 0.29) is 0 Å². The first-order valence-electron chi connectivity index (χ1n) is 7.76. The zero-order valence-corrected chi connectivity index (χ0v) is 13.4. The van der Waals surface area contributed by atoms with Gasteiger partial charge in [0.05, 0.1) is 23.9 Å². The van der Waals surface area contributed by atoms with Crippen molar-refractivity contribution in [3.63, 3.8) is 0 Å². The number of hydrogen-bond donors (Lipinski definition) is 2. The molecular weight excluding hydrogens is 302 g/mol. The Labute approximate surface area is 140 Å². The van der Waals surface area contributed by atoms with Gasteiger partial charge in [-0.05, 0) is 5.56 Å². The van der Waals surface area contributed by atoms with Crippen LogP contribution in [0.25, 0.3) is 0 Å². The third-order valence-corrected chi connectivity index (χ3v) is 6.08. The van der Waals surface area contributed by atoms with E-state index in [1.807, 2.05) is 31.2 Å². The highest BCUT2D eigenvalue weighted by Crippen LogP contribution is 2.66. The number of nitrogens with one attached hydrogen (secondary N) is 1. The van der Waals surface area contributed by atoms with E-state index in [0.29, 0.717) is 0 Å². The molecule has 1 saturated heterocycles. The fraction of sp³-hybridized carbons (Fsp3) is 0.444. The van der Waals surface area contributed by atoms with Crippen LogP contribution in [-0.4, -0.2) is 11.6 Å². The van der Waals surface area contributed by atoms with Crippen LogP contribution in [-0.2, 0) is 4.79 Å². The van der Waals surface area contributed by atoms with Crippen LogP contribution in [0.3, 0.4) is 0 Å². The summed E-state index contributed by atoms with van der Waals surface area (Å²) in [5.41, 5.74) is 2.45. The van der Waals surface area contributed by atoms with Crippen LogP contribution >= 0.6 is 0 Å². The van der Waals surface area contributed by atoms with E-state index >= 15 is 0 Å². The lowest BCUT2D eigenvalue weighted by Gasteiger charge is -2.52. The Balaban J connectivity index is 2.40. The van der Waals surface area contributed by atoms with Gasteiger partial charge in [-0.3, -0.25) is 4.79 Å². The summed E-state index contributed by atoms with van der Waals surface area (Å²) in [5, 5.41) is 32.6. The number of rotatable bonds is 1. The summed E-state index contributed by atoms with van der Waals surface area (Å²) < 4.78 is 0. The minimum Gasteiger partial charge on any atom is -0.336 e. The van der Waals surface area contributed by atoms with Gasteiger partial charge < -0.3 is 11.1 Å². The summed E-state index contributed by atoms with van der Waals surface area (Å²) in [7, 11) is 0. The zero-order valence-electron chi connectivity index (χ0n) is 13.4. The number of carbonyl (C=O) groups excluding carboxylic acids is 1. The largest absolute Gasteiger partial charge is 0.336 e. The maximum absolute atomic E-state index is 12.8. The maximum atomic E-state index is 12.8. The monoisotopic (exact) mass is 319 g/mol. The quantitative estimate of drug-likeness (QED) is 0.808. The fourth-order valence-corrected chi connectivity index (χ4v) is 4.66. The lowest BCUT2D eigenvalue weighted by molar-refractivity contribution is -0.129. The van der Waals surface area contributed by atoms with Gasteiger partial charge in [0.1, 0.15) is 0 Å². The minimum atomic E-state index is -1.81. The van der Waals surface area contributed by atoms with Crippen LogP contribution in [0, 0.1) is 56.7 Å². The van der Waals surface area contributed by atoms with E-state index in [2.05, 4.69) is 5.32 Å². The van der Waals surface area contributed by atoms with Crippen molar-refractivity contribution < 1.29 is 4.79 Å². The molecule has 5 atom stereocenters. The third kappa shape index (κ3) is 1.44. The van der Waals surface area contributed by atoms with Crippen molar-refractivity contribution >= 4 is 5.91 Å². The Morgan fingerprint density at radius 3 is 2.17 bits per heavy atom. The molecule has 2 bridgehead atoms. The molecule has 3 N–H and O–H groups in total. The molecule has 1 amide bonds. The van der Waals surface area contributed by atoms with E-state index < -0.39 is 40.2 Å². The lowest BCUT2D eigenvalue weighted by atomic mass is 9.45. The molecule has 6 nitrogen and oxygen atoms in total. The number of fused-ring (bicyclic) bond motifs is 2. The van der Waals surface area contributed by atoms with Crippen molar-refractivity contribution in [2.45, 2.75) is 25.4 Å². The molecule has 1 aliphatic heterocycles. The summed E-state index contributed by atoms with van der Waals surface area (Å²) in [4.78, 5) is 12.8. The molecule has 3 rings (SSSR count). The molecule has 2 fully saturated rings. The highest BCUT2D eigenvalue weighted by atomic mass is 16.2. The van der Waals surface area contributed by atoms with E-state index in [0.717, 1.165) is 5.56 Å². The molecule has 0 spiro atoms. The maximum Gasteiger partial charge on any atom is 0.245 e. The van der Waals surface area contributed by atoms with E-state index in [9.17, 15) is 20.6 Å². The Morgan fingerprint density at radius 2 is 1.67 bits per heavy atom. The first-order valence-corrected chi connectivity index (χ1v) is 7.76. The second kappa shape index (κ2) is 4.81. The van der Waals surface area contributed by atoms with E-state index in [1.165, 1.54) is 0 Å². The highest BCUT2D eigenvalue weighted by molar-refractivity contribution is 5.93.